The molecule has 0 spiro atoms. The Morgan fingerprint density at radius 2 is 2.14 bits per heavy atom. The lowest BCUT2D eigenvalue weighted by molar-refractivity contribution is 0.111. The largest absolute Gasteiger partial charge is 0.380 e. The molecule has 5 nitrogen and oxygen atoms in total. The maximum Gasteiger partial charge on any atom is 0.321 e. The van der Waals surface area contributed by atoms with Gasteiger partial charge in [-0.25, -0.2) is 4.79 Å². The number of urea groups is 1. The number of rotatable bonds is 5. The normalized spacial score (nSPS) is 19.6. The average molecular weight is 291 g/mol. The van der Waals surface area contributed by atoms with Crippen LogP contribution in [0.1, 0.15) is 31.9 Å². The van der Waals surface area contributed by atoms with Crippen molar-refractivity contribution < 1.29 is 9.53 Å². The number of carbonyl (C=O) groups is 1. The Balaban J connectivity index is 1.90. The fourth-order valence-electron chi connectivity index (χ4n) is 2.59. The topological polar surface area (TPSA) is 53.6 Å². The average Bonchev–Trinajstić information content (AvgIpc) is 2.97. The van der Waals surface area contributed by atoms with Gasteiger partial charge in [0.2, 0.25) is 0 Å². The number of anilines is 1. The molecule has 1 aromatic rings. The van der Waals surface area contributed by atoms with E-state index in [1.807, 2.05) is 24.3 Å². The lowest BCUT2D eigenvalue weighted by atomic mass is 10.1. The van der Waals surface area contributed by atoms with Crippen molar-refractivity contribution in [1.82, 2.24) is 10.2 Å². The van der Waals surface area contributed by atoms with Crippen molar-refractivity contribution in [2.24, 2.45) is 0 Å². The second-order valence-electron chi connectivity index (χ2n) is 5.42. The number of nitrogens with one attached hydrogen (secondary N) is 2. The van der Waals surface area contributed by atoms with E-state index in [1.54, 1.807) is 12.0 Å². The highest BCUT2D eigenvalue weighted by Gasteiger charge is 2.25. The Bertz CT molecular complexity index is 461. The SMILES string of the molecule is CCNC(C)c1ccc(NC(=O)N2CCC(OC)C2)cc1. The molecule has 0 aliphatic carbocycles. The number of nitrogens with zero attached hydrogens (tertiary/aromatic N) is 1. The monoisotopic (exact) mass is 291 g/mol. The first-order chi connectivity index (χ1) is 10.1. The number of ether oxygens (including phenoxy) is 1. The van der Waals surface area contributed by atoms with E-state index in [4.69, 9.17) is 4.74 Å². The summed E-state index contributed by atoms with van der Waals surface area (Å²) >= 11 is 0. The highest BCUT2D eigenvalue weighted by molar-refractivity contribution is 5.89. The third-order valence-corrected chi connectivity index (χ3v) is 3.94. The third-order valence-electron chi connectivity index (χ3n) is 3.94. The molecule has 5 heteroatoms. The zero-order valence-electron chi connectivity index (χ0n) is 13.1. The van der Waals surface area contributed by atoms with Crippen molar-refractivity contribution in [3.8, 4) is 0 Å². The second kappa shape index (κ2) is 7.43. The molecular weight excluding hydrogens is 266 g/mol. The molecule has 21 heavy (non-hydrogen) atoms. The lowest BCUT2D eigenvalue weighted by Crippen LogP contribution is -2.33. The summed E-state index contributed by atoms with van der Waals surface area (Å²) in [6, 6.07) is 8.26. The Kier molecular flexibility index (Phi) is 5.59. The first kappa shape index (κ1) is 15.8. The van der Waals surface area contributed by atoms with Gasteiger partial charge >= 0.3 is 6.03 Å². The maximum absolute atomic E-state index is 12.1. The third kappa shape index (κ3) is 4.19. The molecular formula is C16H25N3O2. The summed E-state index contributed by atoms with van der Waals surface area (Å²) in [6.45, 7) is 6.58. The Morgan fingerprint density at radius 1 is 1.43 bits per heavy atom. The van der Waals surface area contributed by atoms with Crippen molar-refractivity contribution in [2.75, 3.05) is 32.1 Å². The van der Waals surface area contributed by atoms with Gasteiger partial charge in [-0.15, -0.1) is 0 Å². The number of hydrogen-bond donors (Lipinski definition) is 2. The molecule has 2 amide bonds. The van der Waals surface area contributed by atoms with Gasteiger partial charge < -0.3 is 20.3 Å². The summed E-state index contributed by atoms with van der Waals surface area (Å²) in [6.07, 6.45) is 1.07. The summed E-state index contributed by atoms with van der Waals surface area (Å²) in [5, 5.41) is 6.31. The molecule has 0 saturated carbocycles. The van der Waals surface area contributed by atoms with Gasteiger partial charge in [0.15, 0.2) is 0 Å². The van der Waals surface area contributed by atoms with Gasteiger partial charge in [-0.2, -0.15) is 0 Å². The van der Waals surface area contributed by atoms with Crippen LogP contribution in [0.2, 0.25) is 0 Å². The minimum absolute atomic E-state index is 0.0537. The Labute approximate surface area is 126 Å². The number of likely N-dealkylation sites (tertiary alicyclic amines) is 1. The van der Waals surface area contributed by atoms with E-state index in [0.717, 1.165) is 25.2 Å². The van der Waals surface area contributed by atoms with Crippen LogP contribution in [-0.4, -0.2) is 43.8 Å². The molecule has 0 radical (unpaired) electrons. The van der Waals surface area contributed by atoms with E-state index in [9.17, 15) is 4.79 Å². The predicted octanol–water partition coefficient (Wildman–Crippen LogP) is 2.61. The minimum Gasteiger partial charge on any atom is -0.380 e. The Hall–Kier alpha value is -1.59. The summed E-state index contributed by atoms with van der Waals surface area (Å²) in [7, 11) is 1.69. The van der Waals surface area contributed by atoms with Gasteiger partial charge in [-0.3, -0.25) is 0 Å². The highest BCUT2D eigenvalue weighted by atomic mass is 16.5. The molecule has 2 rings (SSSR count). The zero-order chi connectivity index (χ0) is 15.2. The van der Waals surface area contributed by atoms with Gasteiger partial charge in [0, 0.05) is 31.9 Å². The van der Waals surface area contributed by atoms with Crippen LogP contribution in [-0.2, 0) is 4.74 Å². The van der Waals surface area contributed by atoms with Gasteiger partial charge in [-0.1, -0.05) is 19.1 Å². The Morgan fingerprint density at radius 3 is 2.71 bits per heavy atom. The van der Waals surface area contributed by atoms with Crippen LogP contribution in [0.15, 0.2) is 24.3 Å². The molecule has 1 aliphatic heterocycles. The number of benzene rings is 1. The van der Waals surface area contributed by atoms with E-state index < -0.39 is 0 Å². The van der Waals surface area contributed by atoms with E-state index in [2.05, 4.69) is 24.5 Å². The van der Waals surface area contributed by atoms with Crippen LogP contribution in [0.3, 0.4) is 0 Å². The van der Waals surface area contributed by atoms with Crippen LogP contribution < -0.4 is 10.6 Å². The van der Waals surface area contributed by atoms with E-state index in [-0.39, 0.29) is 12.1 Å². The number of carbonyl (C=O) groups excluding carboxylic acids is 1. The lowest BCUT2D eigenvalue weighted by Gasteiger charge is -2.18. The summed E-state index contributed by atoms with van der Waals surface area (Å²) in [4.78, 5) is 13.9. The van der Waals surface area contributed by atoms with Crippen molar-refractivity contribution in [3.05, 3.63) is 29.8 Å². The molecule has 2 N–H and O–H groups in total. The fraction of sp³-hybridized carbons (Fsp3) is 0.562. The number of hydrogen-bond acceptors (Lipinski definition) is 3. The predicted molar refractivity (Wildman–Crippen MR) is 84.5 cm³/mol. The molecule has 0 bridgehead atoms. The van der Waals surface area contributed by atoms with Crippen molar-refractivity contribution in [3.63, 3.8) is 0 Å². The van der Waals surface area contributed by atoms with Crippen molar-refractivity contribution in [1.29, 1.82) is 0 Å². The van der Waals surface area contributed by atoms with Gasteiger partial charge in [0.05, 0.1) is 6.10 Å². The second-order valence-corrected chi connectivity index (χ2v) is 5.42. The standard InChI is InChI=1S/C16H25N3O2/c1-4-17-12(2)13-5-7-14(8-6-13)18-16(20)19-10-9-15(11-19)21-3/h5-8,12,15,17H,4,9-11H2,1-3H3,(H,18,20). The highest BCUT2D eigenvalue weighted by Crippen LogP contribution is 2.18. The van der Waals surface area contributed by atoms with Crippen molar-refractivity contribution in [2.45, 2.75) is 32.4 Å². The molecule has 1 fully saturated rings. The molecule has 1 aliphatic rings. The van der Waals surface area contributed by atoms with E-state index >= 15 is 0 Å². The first-order valence-corrected chi connectivity index (χ1v) is 7.56. The first-order valence-electron chi connectivity index (χ1n) is 7.56. The van der Waals surface area contributed by atoms with Gasteiger partial charge in [0.25, 0.3) is 0 Å². The number of methoxy groups -OCH3 is 1. The van der Waals surface area contributed by atoms with Crippen LogP contribution in [0.4, 0.5) is 10.5 Å². The number of amides is 2. The minimum atomic E-state index is -0.0537. The van der Waals surface area contributed by atoms with E-state index in [1.165, 1.54) is 5.56 Å². The van der Waals surface area contributed by atoms with Crippen LogP contribution in [0.5, 0.6) is 0 Å². The smallest absolute Gasteiger partial charge is 0.321 e. The summed E-state index contributed by atoms with van der Waals surface area (Å²) < 4.78 is 5.28. The van der Waals surface area contributed by atoms with Crippen LogP contribution >= 0.6 is 0 Å². The molecule has 1 aromatic carbocycles. The summed E-state index contributed by atoms with van der Waals surface area (Å²) in [5.74, 6) is 0. The quantitative estimate of drug-likeness (QED) is 0.877. The molecule has 116 valence electrons. The molecule has 2 atom stereocenters. The van der Waals surface area contributed by atoms with Gasteiger partial charge in [-0.05, 0) is 37.6 Å². The van der Waals surface area contributed by atoms with Gasteiger partial charge in [0.1, 0.15) is 0 Å². The molecule has 0 aromatic heterocycles. The summed E-state index contributed by atoms with van der Waals surface area (Å²) in [5.41, 5.74) is 2.05. The van der Waals surface area contributed by atoms with Crippen molar-refractivity contribution >= 4 is 11.7 Å². The van der Waals surface area contributed by atoms with Crippen LogP contribution in [0.25, 0.3) is 0 Å². The maximum atomic E-state index is 12.1. The fourth-order valence-corrected chi connectivity index (χ4v) is 2.59. The molecule has 1 heterocycles. The van der Waals surface area contributed by atoms with E-state index in [0.29, 0.717) is 12.6 Å². The molecule has 2 unspecified atom stereocenters. The van der Waals surface area contributed by atoms with Crippen LogP contribution in [0, 0.1) is 0 Å². The zero-order valence-corrected chi connectivity index (χ0v) is 13.1. The molecule has 1 saturated heterocycles.